The number of ether oxygens (including phenoxy) is 1. The smallest absolute Gasteiger partial charge is 0.337 e. The van der Waals surface area contributed by atoms with E-state index in [1.165, 1.54) is 7.11 Å². The third-order valence-electron chi connectivity index (χ3n) is 4.33. The van der Waals surface area contributed by atoms with E-state index in [9.17, 15) is 9.59 Å². The quantitative estimate of drug-likeness (QED) is 0.677. The molecule has 1 N–H and O–H groups in total. The number of nitrogens with one attached hydrogen (secondary N) is 1. The summed E-state index contributed by atoms with van der Waals surface area (Å²) in [6.07, 6.45) is 0.707. The second-order valence-corrected chi connectivity index (χ2v) is 6.19. The summed E-state index contributed by atoms with van der Waals surface area (Å²) in [5, 5.41) is 2.95. The van der Waals surface area contributed by atoms with Crippen LogP contribution in [-0.4, -0.2) is 19.0 Å². The molecule has 1 amide bonds. The van der Waals surface area contributed by atoms with E-state index < -0.39 is 0 Å². The van der Waals surface area contributed by atoms with E-state index in [0.29, 0.717) is 24.1 Å². The van der Waals surface area contributed by atoms with E-state index in [0.717, 1.165) is 16.7 Å². The van der Waals surface area contributed by atoms with E-state index in [4.69, 9.17) is 0 Å². The lowest BCUT2D eigenvalue weighted by atomic mass is 9.99. The number of methoxy groups -OCH3 is 1. The van der Waals surface area contributed by atoms with Gasteiger partial charge in [-0.3, -0.25) is 4.79 Å². The number of carbonyl (C=O) groups is 2. The van der Waals surface area contributed by atoms with Gasteiger partial charge in [-0.15, -0.1) is 0 Å². The van der Waals surface area contributed by atoms with Crippen LogP contribution in [0.2, 0.25) is 0 Å². The molecule has 3 aromatic carbocycles. The first-order valence-electron chi connectivity index (χ1n) is 8.74. The minimum atomic E-state index is -0.375. The molecule has 0 fully saturated rings. The molecule has 0 aliphatic heterocycles. The first kappa shape index (κ1) is 18.4. The number of esters is 1. The largest absolute Gasteiger partial charge is 0.465 e. The standard InChI is InChI=1S/C23H21NO3/c1-27-23(26)19-13-11-18(12-14-19)16-24-22(25)21-10-6-5-9-20(21)15-17-7-3-2-4-8-17/h2-14H,15-16H2,1H3,(H,24,25). The summed E-state index contributed by atoms with van der Waals surface area (Å²) in [4.78, 5) is 24.1. The molecule has 4 nitrogen and oxygen atoms in total. The van der Waals surface area contributed by atoms with Crippen molar-refractivity contribution in [2.24, 2.45) is 0 Å². The SMILES string of the molecule is COC(=O)c1ccc(CNC(=O)c2ccccc2Cc2ccccc2)cc1. The maximum absolute atomic E-state index is 12.7. The second kappa shape index (κ2) is 8.81. The Labute approximate surface area is 158 Å². The fourth-order valence-corrected chi connectivity index (χ4v) is 2.87. The van der Waals surface area contributed by atoms with Crippen LogP contribution in [0.3, 0.4) is 0 Å². The molecule has 0 aliphatic carbocycles. The molecule has 27 heavy (non-hydrogen) atoms. The van der Waals surface area contributed by atoms with Crippen molar-refractivity contribution in [1.29, 1.82) is 0 Å². The van der Waals surface area contributed by atoms with Crippen molar-refractivity contribution in [1.82, 2.24) is 5.32 Å². The molecular formula is C23H21NO3. The Hall–Kier alpha value is -3.40. The molecule has 0 atom stereocenters. The van der Waals surface area contributed by atoms with Gasteiger partial charge in [0.15, 0.2) is 0 Å². The van der Waals surface area contributed by atoms with Crippen molar-refractivity contribution in [2.75, 3.05) is 7.11 Å². The highest BCUT2D eigenvalue weighted by Gasteiger charge is 2.11. The van der Waals surface area contributed by atoms with E-state index in [1.54, 1.807) is 12.1 Å². The van der Waals surface area contributed by atoms with Crippen LogP contribution in [-0.2, 0) is 17.7 Å². The van der Waals surface area contributed by atoms with Gasteiger partial charge in [0.25, 0.3) is 5.91 Å². The predicted octanol–water partition coefficient (Wildman–Crippen LogP) is 3.99. The van der Waals surface area contributed by atoms with Gasteiger partial charge in [0, 0.05) is 12.1 Å². The summed E-state index contributed by atoms with van der Waals surface area (Å²) < 4.78 is 4.69. The lowest BCUT2D eigenvalue weighted by Gasteiger charge is -2.11. The number of hydrogen-bond acceptors (Lipinski definition) is 3. The van der Waals surface area contributed by atoms with Crippen LogP contribution in [0.5, 0.6) is 0 Å². The minimum Gasteiger partial charge on any atom is -0.465 e. The van der Waals surface area contributed by atoms with Gasteiger partial charge in [-0.05, 0) is 41.3 Å². The van der Waals surface area contributed by atoms with Crippen LogP contribution in [0, 0.1) is 0 Å². The second-order valence-electron chi connectivity index (χ2n) is 6.19. The molecule has 0 spiro atoms. The van der Waals surface area contributed by atoms with E-state index >= 15 is 0 Å². The Bertz CT molecular complexity index is 918. The van der Waals surface area contributed by atoms with E-state index in [1.807, 2.05) is 54.6 Å². The maximum atomic E-state index is 12.7. The average Bonchev–Trinajstić information content (AvgIpc) is 2.73. The van der Waals surface area contributed by atoms with Gasteiger partial charge in [-0.2, -0.15) is 0 Å². The lowest BCUT2D eigenvalue weighted by molar-refractivity contribution is 0.0600. The molecule has 0 aromatic heterocycles. The topological polar surface area (TPSA) is 55.4 Å². The maximum Gasteiger partial charge on any atom is 0.337 e. The molecule has 0 bridgehead atoms. The molecule has 136 valence electrons. The van der Waals surface area contributed by atoms with E-state index in [-0.39, 0.29) is 11.9 Å². The van der Waals surface area contributed by atoms with Gasteiger partial charge in [-0.1, -0.05) is 60.7 Å². The van der Waals surface area contributed by atoms with Gasteiger partial charge < -0.3 is 10.1 Å². The summed E-state index contributed by atoms with van der Waals surface area (Å²) in [5.74, 6) is -0.487. The molecule has 0 saturated carbocycles. The fourth-order valence-electron chi connectivity index (χ4n) is 2.87. The lowest BCUT2D eigenvalue weighted by Crippen LogP contribution is -2.24. The third-order valence-corrected chi connectivity index (χ3v) is 4.33. The van der Waals surface area contributed by atoms with Crippen molar-refractivity contribution in [3.8, 4) is 0 Å². The summed E-state index contributed by atoms with van der Waals surface area (Å²) in [6.45, 7) is 0.389. The normalized spacial score (nSPS) is 10.3. The van der Waals surface area contributed by atoms with Crippen molar-refractivity contribution in [3.05, 3.63) is 107 Å². The fraction of sp³-hybridized carbons (Fsp3) is 0.130. The van der Waals surface area contributed by atoms with Gasteiger partial charge >= 0.3 is 5.97 Å². The van der Waals surface area contributed by atoms with Gasteiger partial charge in [0.1, 0.15) is 0 Å². The van der Waals surface area contributed by atoms with Gasteiger partial charge in [-0.25, -0.2) is 4.79 Å². The van der Waals surface area contributed by atoms with Crippen molar-refractivity contribution < 1.29 is 14.3 Å². The average molecular weight is 359 g/mol. The minimum absolute atomic E-state index is 0.112. The Morgan fingerprint density at radius 2 is 1.48 bits per heavy atom. The number of hydrogen-bond donors (Lipinski definition) is 1. The highest BCUT2D eigenvalue weighted by atomic mass is 16.5. The highest BCUT2D eigenvalue weighted by molar-refractivity contribution is 5.95. The van der Waals surface area contributed by atoms with Crippen LogP contribution in [0.15, 0.2) is 78.9 Å². The zero-order chi connectivity index (χ0) is 19.1. The molecule has 4 heteroatoms. The molecule has 0 unspecified atom stereocenters. The molecule has 0 aliphatic rings. The van der Waals surface area contributed by atoms with Crippen molar-refractivity contribution in [3.63, 3.8) is 0 Å². The summed E-state index contributed by atoms with van der Waals surface area (Å²) in [5.41, 5.74) is 4.23. The molecular weight excluding hydrogens is 338 g/mol. The van der Waals surface area contributed by atoms with Crippen molar-refractivity contribution >= 4 is 11.9 Å². The monoisotopic (exact) mass is 359 g/mol. The molecule has 0 saturated heterocycles. The Morgan fingerprint density at radius 1 is 0.815 bits per heavy atom. The molecule has 3 aromatic rings. The number of benzene rings is 3. The van der Waals surface area contributed by atoms with E-state index in [2.05, 4.69) is 22.2 Å². The summed E-state index contributed by atoms with van der Waals surface area (Å²) >= 11 is 0. The van der Waals surface area contributed by atoms with Crippen LogP contribution < -0.4 is 5.32 Å². The summed E-state index contributed by atoms with van der Waals surface area (Å²) in [7, 11) is 1.35. The first-order chi connectivity index (χ1) is 13.2. The number of carbonyl (C=O) groups excluding carboxylic acids is 2. The molecule has 0 radical (unpaired) electrons. The zero-order valence-corrected chi connectivity index (χ0v) is 15.1. The third kappa shape index (κ3) is 4.82. The molecule has 0 heterocycles. The number of rotatable bonds is 6. The Kier molecular flexibility index (Phi) is 6.00. The Balaban J connectivity index is 1.67. The zero-order valence-electron chi connectivity index (χ0n) is 15.1. The van der Waals surface area contributed by atoms with Crippen molar-refractivity contribution in [2.45, 2.75) is 13.0 Å². The van der Waals surface area contributed by atoms with Crippen LogP contribution in [0.1, 0.15) is 37.4 Å². The summed E-state index contributed by atoms with van der Waals surface area (Å²) in [6, 6.07) is 24.7. The van der Waals surface area contributed by atoms with Gasteiger partial charge in [0.2, 0.25) is 0 Å². The molecule has 3 rings (SSSR count). The van der Waals surface area contributed by atoms with Crippen LogP contribution in [0.25, 0.3) is 0 Å². The Morgan fingerprint density at radius 3 is 2.19 bits per heavy atom. The number of amides is 1. The highest BCUT2D eigenvalue weighted by Crippen LogP contribution is 2.15. The predicted molar refractivity (Wildman–Crippen MR) is 105 cm³/mol. The van der Waals surface area contributed by atoms with Crippen LogP contribution >= 0.6 is 0 Å². The first-order valence-corrected chi connectivity index (χ1v) is 8.74. The van der Waals surface area contributed by atoms with Crippen LogP contribution in [0.4, 0.5) is 0 Å². The van der Waals surface area contributed by atoms with Gasteiger partial charge in [0.05, 0.1) is 12.7 Å².